The Bertz CT molecular complexity index is 1330. The zero-order valence-electron chi connectivity index (χ0n) is 19.0. The predicted octanol–water partition coefficient (Wildman–Crippen LogP) is 4.57. The number of pyridine rings is 2. The molecule has 3 aromatic heterocycles. The molecule has 0 saturated carbocycles. The van der Waals surface area contributed by atoms with E-state index in [0.717, 1.165) is 47.7 Å². The lowest BCUT2D eigenvalue weighted by Crippen LogP contribution is -2.32. The van der Waals surface area contributed by atoms with Gasteiger partial charge in [-0.2, -0.15) is 4.39 Å². The molecule has 9 heteroatoms. The molecule has 0 spiro atoms. The smallest absolute Gasteiger partial charge is 0.213 e. The normalized spacial score (nSPS) is 15.8. The summed E-state index contributed by atoms with van der Waals surface area (Å²) >= 11 is 6.36. The van der Waals surface area contributed by atoms with E-state index >= 15 is 0 Å². The van der Waals surface area contributed by atoms with Crippen molar-refractivity contribution in [3.8, 4) is 22.8 Å². The van der Waals surface area contributed by atoms with Gasteiger partial charge in [0.15, 0.2) is 0 Å². The van der Waals surface area contributed by atoms with Crippen molar-refractivity contribution in [3.63, 3.8) is 0 Å². The molecule has 1 unspecified atom stereocenters. The van der Waals surface area contributed by atoms with Crippen LogP contribution in [0.4, 0.5) is 10.1 Å². The van der Waals surface area contributed by atoms with E-state index in [2.05, 4.69) is 27.3 Å². The van der Waals surface area contributed by atoms with E-state index in [0.29, 0.717) is 29.1 Å². The van der Waals surface area contributed by atoms with Gasteiger partial charge in [-0.1, -0.05) is 11.6 Å². The van der Waals surface area contributed by atoms with E-state index in [-0.39, 0.29) is 0 Å². The Balaban J connectivity index is 1.32. The van der Waals surface area contributed by atoms with E-state index in [1.54, 1.807) is 20.3 Å². The van der Waals surface area contributed by atoms with Gasteiger partial charge >= 0.3 is 0 Å². The SMILES string of the molecule is COc1cc(OC)c(-c2cn3ccc(N4CCC(NCc5ccnc(F)c5)C4)cc3n2)cc1Cl. The lowest BCUT2D eigenvalue weighted by Gasteiger charge is -2.19. The van der Waals surface area contributed by atoms with Gasteiger partial charge in [0.05, 0.1) is 24.9 Å². The number of ether oxygens (including phenoxy) is 2. The minimum absolute atomic E-state index is 0.327. The van der Waals surface area contributed by atoms with Crippen molar-refractivity contribution in [2.45, 2.75) is 19.0 Å². The average Bonchev–Trinajstić information content (AvgIpc) is 3.49. The Hall–Kier alpha value is -3.36. The zero-order chi connectivity index (χ0) is 23.7. The number of imidazole rings is 1. The molecule has 1 saturated heterocycles. The maximum absolute atomic E-state index is 13.3. The van der Waals surface area contributed by atoms with E-state index in [1.807, 2.05) is 28.9 Å². The molecule has 1 aliphatic rings. The number of hydrogen-bond acceptors (Lipinski definition) is 6. The van der Waals surface area contributed by atoms with Crippen molar-refractivity contribution in [1.82, 2.24) is 19.7 Å². The van der Waals surface area contributed by atoms with Crippen LogP contribution >= 0.6 is 11.6 Å². The number of nitrogens with zero attached hydrogens (tertiary/aromatic N) is 4. The fourth-order valence-electron chi connectivity index (χ4n) is 4.33. The second-order valence-electron chi connectivity index (χ2n) is 8.26. The van der Waals surface area contributed by atoms with Gasteiger partial charge in [0, 0.05) is 67.7 Å². The molecule has 0 radical (unpaired) electrons. The first kappa shape index (κ1) is 22.4. The van der Waals surface area contributed by atoms with Gasteiger partial charge in [0.25, 0.3) is 0 Å². The summed E-state index contributed by atoms with van der Waals surface area (Å²) < 4.78 is 26.1. The maximum atomic E-state index is 13.3. The van der Waals surface area contributed by atoms with E-state index in [4.69, 9.17) is 26.1 Å². The zero-order valence-corrected chi connectivity index (χ0v) is 19.7. The second kappa shape index (κ2) is 9.48. The molecular formula is C25H25ClFN5O2. The lowest BCUT2D eigenvalue weighted by atomic mass is 10.1. The number of hydrogen-bond donors (Lipinski definition) is 1. The van der Waals surface area contributed by atoms with Gasteiger partial charge in [-0.25, -0.2) is 9.97 Å². The summed E-state index contributed by atoms with van der Waals surface area (Å²) in [7, 11) is 3.19. The number of benzene rings is 1. The third kappa shape index (κ3) is 4.51. The van der Waals surface area contributed by atoms with Crippen LogP contribution in [0, 0.1) is 5.95 Å². The number of aromatic nitrogens is 3. The highest BCUT2D eigenvalue weighted by molar-refractivity contribution is 6.32. The highest BCUT2D eigenvalue weighted by Crippen LogP contribution is 2.38. The Morgan fingerprint density at radius 3 is 2.79 bits per heavy atom. The molecule has 7 nitrogen and oxygen atoms in total. The summed E-state index contributed by atoms with van der Waals surface area (Å²) in [6.07, 6.45) is 6.48. The summed E-state index contributed by atoms with van der Waals surface area (Å²) in [5.41, 5.74) is 4.42. The molecule has 1 fully saturated rings. The highest BCUT2D eigenvalue weighted by Gasteiger charge is 2.23. The molecular weight excluding hydrogens is 457 g/mol. The number of rotatable bonds is 7. The summed E-state index contributed by atoms with van der Waals surface area (Å²) in [5, 5.41) is 4.02. The van der Waals surface area contributed by atoms with Crippen molar-refractivity contribution in [2.75, 3.05) is 32.2 Å². The van der Waals surface area contributed by atoms with Crippen molar-refractivity contribution in [2.24, 2.45) is 0 Å². The molecule has 0 bridgehead atoms. The Kier molecular flexibility index (Phi) is 6.26. The Labute approximate surface area is 202 Å². The molecule has 4 aromatic rings. The van der Waals surface area contributed by atoms with Gasteiger partial charge in [0.1, 0.15) is 17.1 Å². The van der Waals surface area contributed by atoms with Crippen LogP contribution in [0.2, 0.25) is 5.02 Å². The highest BCUT2D eigenvalue weighted by atomic mass is 35.5. The first-order valence-corrected chi connectivity index (χ1v) is 11.4. The fourth-order valence-corrected chi connectivity index (χ4v) is 4.57. The molecule has 4 heterocycles. The van der Waals surface area contributed by atoms with Gasteiger partial charge in [0.2, 0.25) is 5.95 Å². The molecule has 0 aliphatic carbocycles. The van der Waals surface area contributed by atoms with Crippen LogP contribution in [-0.2, 0) is 6.54 Å². The first-order chi connectivity index (χ1) is 16.5. The summed E-state index contributed by atoms with van der Waals surface area (Å²) in [5.74, 6) is 0.751. The number of nitrogens with one attached hydrogen (secondary N) is 1. The van der Waals surface area contributed by atoms with Crippen molar-refractivity contribution >= 4 is 22.9 Å². The largest absolute Gasteiger partial charge is 0.496 e. The monoisotopic (exact) mass is 481 g/mol. The molecule has 34 heavy (non-hydrogen) atoms. The van der Waals surface area contributed by atoms with Gasteiger partial charge in [-0.15, -0.1) is 0 Å². The van der Waals surface area contributed by atoms with E-state index in [9.17, 15) is 4.39 Å². The van der Waals surface area contributed by atoms with E-state index < -0.39 is 5.95 Å². The average molecular weight is 482 g/mol. The molecule has 1 aromatic carbocycles. The number of anilines is 1. The number of methoxy groups -OCH3 is 2. The minimum Gasteiger partial charge on any atom is -0.496 e. The second-order valence-corrected chi connectivity index (χ2v) is 8.67. The summed E-state index contributed by atoms with van der Waals surface area (Å²) in [4.78, 5) is 10.8. The van der Waals surface area contributed by atoms with Crippen LogP contribution in [-0.4, -0.2) is 47.7 Å². The first-order valence-electron chi connectivity index (χ1n) is 11.0. The predicted molar refractivity (Wildman–Crippen MR) is 130 cm³/mol. The third-order valence-corrected chi connectivity index (χ3v) is 6.43. The quantitative estimate of drug-likeness (QED) is 0.390. The molecule has 1 N–H and O–H groups in total. The fraction of sp³-hybridized carbons (Fsp3) is 0.280. The lowest BCUT2D eigenvalue weighted by molar-refractivity contribution is 0.395. The Morgan fingerprint density at radius 2 is 2.00 bits per heavy atom. The van der Waals surface area contributed by atoms with Crippen LogP contribution in [0.15, 0.2) is 55.0 Å². The van der Waals surface area contributed by atoms with Gasteiger partial charge in [-0.3, -0.25) is 0 Å². The molecule has 176 valence electrons. The van der Waals surface area contributed by atoms with E-state index in [1.165, 1.54) is 12.3 Å². The van der Waals surface area contributed by atoms with Crippen molar-refractivity contribution < 1.29 is 13.9 Å². The van der Waals surface area contributed by atoms with Gasteiger partial charge < -0.3 is 24.1 Å². The molecule has 5 rings (SSSR count). The molecule has 1 atom stereocenters. The van der Waals surface area contributed by atoms with Crippen LogP contribution in [0.1, 0.15) is 12.0 Å². The third-order valence-electron chi connectivity index (χ3n) is 6.13. The van der Waals surface area contributed by atoms with Gasteiger partial charge in [-0.05, 0) is 36.2 Å². The maximum Gasteiger partial charge on any atom is 0.213 e. The summed E-state index contributed by atoms with van der Waals surface area (Å²) in [6, 6.07) is 11.4. The Morgan fingerprint density at radius 1 is 1.15 bits per heavy atom. The molecule has 0 amide bonds. The number of halogens is 2. The van der Waals surface area contributed by atoms with Crippen LogP contribution in [0.3, 0.4) is 0 Å². The van der Waals surface area contributed by atoms with Crippen molar-refractivity contribution in [3.05, 3.63) is 71.5 Å². The number of fused-ring (bicyclic) bond motifs is 1. The van der Waals surface area contributed by atoms with Crippen molar-refractivity contribution in [1.29, 1.82) is 0 Å². The standard InChI is InChI=1S/C25H25ClFN5O2/c1-33-22-12-23(34-2)20(26)11-19(22)21-15-32-8-5-18(10-25(32)30-21)31-7-4-17(14-31)29-13-16-3-6-28-24(27)9-16/h3,5-6,8-12,15,17,29H,4,7,13-14H2,1-2H3. The van der Waals surface area contributed by atoms with Crippen LogP contribution < -0.4 is 19.7 Å². The van der Waals surface area contributed by atoms with Crippen LogP contribution in [0.25, 0.3) is 16.9 Å². The minimum atomic E-state index is -0.450. The van der Waals surface area contributed by atoms with Crippen LogP contribution in [0.5, 0.6) is 11.5 Å². The topological polar surface area (TPSA) is 63.9 Å². The molecule has 1 aliphatic heterocycles. The summed E-state index contributed by atoms with van der Waals surface area (Å²) in [6.45, 7) is 2.43.